The molecular formula is C11H17NS2. The molecule has 0 aliphatic carbocycles. The van der Waals surface area contributed by atoms with Gasteiger partial charge >= 0.3 is 0 Å². The predicted molar refractivity (Wildman–Crippen MR) is 69.3 cm³/mol. The average molecular weight is 227 g/mol. The van der Waals surface area contributed by atoms with E-state index >= 15 is 0 Å². The van der Waals surface area contributed by atoms with E-state index in [1.807, 2.05) is 35.7 Å². The highest BCUT2D eigenvalue weighted by Gasteiger charge is 2.00. The molecule has 78 valence electrons. The van der Waals surface area contributed by atoms with Crippen molar-refractivity contribution in [2.24, 2.45) is 0 Å². The van der Waals surface area contributed by atoms with Gasteiger partial charge in [-0.2, -0.15) is 11.8 Å². The maximum atomic E-state index is 5.83. The standard InChI is InChI=1S/C11H17NS2/c1-3-13-7-8-14-11-6-4-5-10(12)9(11)2/h4-6H,3,7-8,12H2,1-2H3. The first kappa shape index (κ1) is 11.8. The molecule has 1 rings (SSSR count). The van der Waals surface area contributed by atoms with Crippen LogP contribution in [0.2, 0.25) is 0 Å². The number of anilines is 1. The van der Waals surface area contributed by atoms with Crippen LogP contribution in [-0.4, -0.2) is 17.3 Å². The van der Waals surface area contributed by atoms with Crippen molar-refractivity contribution < 1.29 is 0 Å². The quantitative estimate of drug-likeness (QED) is 0.474. The molecule has 0 bridgehead atoms. The first-order valence-corrected chi connectivity index (χ1v) is 6.95. The molecule has 0 spiro atoms. The Morgan fingerprint density at radius 3 is 2.79 bits per heavy atom. The molecule has 1 aromatic rings. The van der Waals surface area contributed by atoms with Crippen LogP contribution in [0.1, 0.15) is 12.5 Å². The van der Waals surface area contributed by atoms with E-state index in [1.54, 1.807) is 0 Å². The third-order valence-corrected chi connectivity index (χ3v) is 4.34. The lowest BCUT2D eigenvalue weighted by Crippen LogP contribution is -1.92. The second-order valence-corrected chi connectivity index (χ2v) is 5.55. The van der Waals surface area contributed by atoms with E-state index in [9.17, 15) is 0 Å². The highest BCUT2D eigenvalue weighted by atomic mass is 32.2. The number of nitrogen functional groups attached to an aromatic ring is 1. The van der Waals surface area contributed by atoms with Gasteiger partial charge < -0.3 is 5.73 Å². The highest BCUT2D eigenvalue weighted by Crippen LogP contribution is 2.26. The SMILES string of the molecule is CCSCCSc1cccc(N)c1C. The zero-order valence-electron chi connectivity index (χ0n) is 8.75. The smallest absolute Gasteiger partial charge is 0.0354 e. The molecule has 0 radical (unpaired) electrons. The Bertz CT molecular complexity index is 287. The Morgan fingerprint density at radius 1 is 1.29 bits per heavy atom. The lowest BCUT2D eigenvalue weighted by molar-refractivity contribution is 1.30. The lowest BCUT2D eigenvalue weighted by atomic mass is 10.2. The fourth-order valence-electron chi connectivity index (χ4n) is 1.14. The fourth-order valence-corrected chi connectivity index (χ4v) is 2.97. The van der Waals surface area contributed by atoms with E-state index in [1.165, 1.54) is 27.7 Å². The number of benzene rings is 1. The summed E-state index contributed by atoms with van der Waals surface area (Å²) in [6.45, 7) is 4.28. The summed E-state index contributed by atoms with van der Waals surface area (Å²) in [5.74, 6) is 3.59. The van der Waals surface area contributed by atoms with Gasteiger partial charge in [0, 0.05) is 22.1 Å². The van der Waals surface area contributed by atoms with Crippen LogP contribution in [0.3, 0.4) is 0 Å². The van der Waals surface area contributed by atoms with Gasteiger partial charge in [0.15, 0.2) is 0 Å². The zero-order valence-corrected chi connectivity index (χ0v) is 10.4. The second-order valence-electron chi connectivity index (χ2n) is 3.02. The van der Waals surface area contributed by atoms with Crippen molar-refractivity contribution in [1.29, 1.82) is 0 Å². The van der Waals surface area contributed by atoms with Crippen molar-refractivity contribution in [3.63, 3.8) is 0 Å². The average Bonchev–Trinajstić information content (AvgIpc) is 2.19. The van der Waals surface area contributed by atoms with Crippen LogP contribution in [0.5, 0.6) is 0 Å². The lowest BCUT2D eigenvalue weighted by Gasteiger charge is -2.07. The molecule has 0 aromatic heterocycles. The van der Waals surface area contributed by atoms with Crippen LogP contribution < -0.4 is 5.73 Å². The van der Waals surface area contributed by atoms with Gasteiger partial charge in [0.2, 0.25) is 0 Å². The Labute approximate surface area is 94.8 Å². The third-order valence-electron chi connectivity index (χ3n) is 2.02. The van der Waals surface area contributed by atoms with Crippen LogP contribution >= 0.6 is 23.5 Å². The van der Waals surface area contributed by atoms with Gasteiger partial charge in [0.05, 0.1) is 0 Å². The minimum atomic E-state index is 0.901. The van der Waals surface area contributed by atoms with Crippen molar-refractivity contribution >= 4 is 29.2 Å². The minimum absolute atomic E-state index is 0.901. The molecule has 0 aliphatic heterocycles. The van der Waals surface area contributed by atoms with Crippen LogP contribution in [0.4, 0.5) is 5.69 Å². The Kier molecular flexibility index (Phi) is 5.26. The monoisotopic (exact) mass is 227 g/mol. The van der Waals surface area contributed by atoms with Crippen molar-refractivity contribution in [2.45, 2.75) is 18.7 Å². The summed E-state index contributed by atoms with van der Waals surface area (Å²) in [5, 5.41) is 0. The molecule has 14 heavy (non-hydrogen) atoms. The van der Waals surface area contributed by atoms with Crippen molar-refractivity contribution in [3.8, 4) is 0 Å². The first-order chi connectivity index (χ1) is 6.75. The summed E-state index contributed by atoms with van der Waals surface area (Å²) in [4.78, 5) is 1.32. The number of hydrogen-bond donors (Lipinski definition) is 1. The van der Waals surface area contributed by atoms with Crippen molar-refractivity contribution in [1.82, 2.24) is 0 Å². The maximum absolute atomic E-state index is 5.83. The van der Waals surface area contributed by atoms with Crippen LogP contribution in [0, 0.1) is 6.92 Å². The molecule has 0 fully saturated rings. The van der Waals surface area contributed by atoms with Gasteiger partial charge in [0.25, 0.3) is 0 Å². The van der Waals surface area contributed by atoms with Gasteiger partial charge in [-0.15, -0.1) is 11.8 Å². The molecule has 1 nitrogen and oxygen atoms in total. The molecule has 1 aromatic carbocycles. The van der Waals surface area contributed by atoms with E-state index in [4.69, 9.17) is 5.73 Å². The van der Waals surface area contributed by atoms with E-state index in [0.717, 1.165) is 5.69 Å². The van der Waals surface area contributed by atoms with E-state index < -0.39 is 0 Å². The van der Waals surface area contributed by atoms with Crippen LogP contribution in [-0.2, 0) is 0 Å². The van der Waals surface area contributed by atoms with Crippen LogP contribution in [0.15, 0.2) is 23.1 Å². The summed E-state index contributed by atoms with van der Waals surface area (Å²) in [6.07, 6.45) is 0. The third kappa shape index (κ3) is 3.46. The largest absolute Gasteiger partial charge is 0.398 e. The minimum Gasteiger partial charge on any atom is -0.398 e. The summed E-state index contributed by atoms with van der Waals surface area (Å²) in [5.41, 5.74) is 7.95. The normalized spacial score (nSPS) is 10.4. The van der Waals surface area contributed by atoms with Crippen molar-refractivity contribution in [2.75, 3.05) is 23.0 Å². The van der Waals surface area contributed by atoms with Gasteiger partial charge in [-0.05, 0) is 30.4 Å². The van der Waals surface area contributed by atoms with Gasteiger partial charge in [-0.3, -0.25) is 0 Å². The molecule has 0 atom stereocenters. The van der Waals surface area contributed by atoms with Gasteiger partial charge in [-0.1, -0.05) is 13.0 Å². The predicted octanol–water partition coefficient (Wildman–Crippen LogP) is 3.42. The Morgan fingerprint density at radius 2 is 2.07 bits per heavy atom. The molecule has 0 unspecified atom stereocenters. The van der Waals surface area contributed by atoms with Crippen LogP contribution in [0.25, 0.3) is 0 Å². The molecule has 0 aliphatic rings. The molecule has 2 N–H and O–H groups in total. The topological polar surface area (TPSA) is 26.0 Å². The highest BCUT2D eigenvalue weighted by molar-refractivity contribution is 8.02. The van der Waals surface area contributed by atoms with Gasteiger partial charge in [0.1, 0.15) is 0 Å². The van der Waals surface area contributed by atoms with Crippen molar-refractivity contribution in [3.05, 3.63) is 23.8 Å². The molecule has 0 amide bonds. The summed E-state index contributed by atoms with van der Waals surface area (Å²) < 4.78 is 0. The van der Waals surface area contributed by atoms with E-state index in [-0.39, 0.29) is 0 Å². The van der Waals surface area contributed by atoms with E-state index in [2.05, 4.69) is 19.9 Å². The fraction of sp³-hybridized carbons (Fsp3) is 0.455. The zero-order chi connectivity index (χ0) is 10.4. The molecule has 0 saturated carbocycles. The molecule has 0 saturated heterocycles. The summed E-state index contributed by atoms with van der Waals surface area (Å²) in [6, 6.07) is 6.13. The summed E-state index contributed by atoms with van der Waals surface area (Å²) in [7, 11) is 0. The first-order valence-electron chi connectivity index (χ1n) is 4.81. The summed E-state index contributed by atoms with van der Waals surface area (Å²) >= 11 is 3.89. The molecular weight excluding hydrogens is 210 g/mol. The van der Waals surface area contributed by atoms with Gasteiger partial charge in [-0.25, -0.2) is 0 Å². The second kappa shape index (κ2) is 6.25. The Balaban J connectivity index is 2.46. The van der Waals surface area contributed by atoms with E-state index in [0.29, 0.717) is 0 Å². The number of rotatable bonds is 5. The number of nitrogens with two attached hydrogens (primary N) is 1. The molecule has 0 heterocycles. The maximum Gasteiger partial charge on any atom is 0.0354 e. The number of thioether (sulfide) groups is 2. The number of hydrogen-bond acceptors (Lipinski definition) is 3. The molecule has 3 heteroatoms. The Hall–Kier alpha value is -0.280.